The minimum absolute atomic E-state index is 0. The van der Waals surface area contributed by atoms with Crippen LogP contribution in [0.2, 0.25) is 0 Å². The van der Waals surface area contributed by atoms with E-state index in [2.05, 4.69) is 5.32 Å². The van der Waals surface area contributed by atoms with Gasteiger partial charge < -0.3 is 15.0 Å². The molecule has 0 bridgehead atoms. The zero-order chi connectivity index (χ0) is 16.1. The molecule has 1 fully saturated rings. The molecule has 2 rings (SSSR count). The maximum atomic E-state index is 12.5. The standard InChI is InChI=1S/C17H24N2O3.ClH/c1-12(20)14-4-5-16(22-3)15(8-14)9-17(21)19-7-6-13(11-19)10-18-2;/h4-5,8,13,18H,6-7,9-11H2,1-3H3;1H. The third-order valence-corrected chi connectivity index (χ3v) is 4.16. The number of amides is 1. The molecule has 1 aliphatic heterocycles. The Balaban J connectivity index is 0.00000264. The summed E-state index contributed by atoms with van der Waals surface area (Å²) in [5, 5.41) is 3.16. The molecular formula is C17H25ClN2O3. The second kappa shape index (κ2) is 8.89. The van der Waals surface area contributed by atoms with Crippen molar-refractivity contribution in [3.8, 4) is 5.75 Å². The second-order valence-electron chi connectivity index (χ2n) is 5.81. The Hall–Kier alpha value is -1.59. The number of rotatable bonds is 6. The number of carbonyl (C=O) groups is 2. The smallest absolute Gasteiger partial charge is 0.227 e. The first-order chi connectivity index (χ1) is 10.5. The van der Waals surface area contributed by atoms with Crippen LogP contribution in [0.1, 0.15) is 29.3 Å². The molecule has 0 saturated carbocycles. The number of nitrogens with one attached hydrogen (secondary N) is 1. The van der Waals surface area contributed by atoms with Crippen molar-refractivity contribution in [3.05, 3.63) is 29.3 Å². The lowest BCUT2D eigenvalue weighted by Crippen LogP contribution is -2.31. The van der Waals surface area contributed by atoms with Crippen LogP contribution in [0, 0.1) is 5.92 Å². The van der Waals surface area contributed by atoms with Gasteiger partial charge in [-0.15, -0.1) is 12.4 Å². The summed E-state index contributed by atoms with van der Waals surface area (Å²) in [6, 6.07) is 5.25. The van der Waals surface area contributed by atoms with Crippen LogP contribution in [0.15, 0.2) is 18.2 Å². The van der Waals surface area contributed by atoms with E-state index < -0.39 is 0 Å². The summed E-state index contributed by atoms with van der Waals surface area (Å²) in [5.74, 6) is 1.27. The number of hydrogen-bond acceptors (Lipinski definition) is 4. The first-order valence-corrected chi connectivity index (χ1v) is 7.65. The van der Waals surface area contributed by atoms with Gasteiger partial charge in [-0.05, 0) is 51.1 Å². The van der Waals surface area contributed by atoms with Crippen molar-refractivity contribution >= 4 is 24.1 Å². The van der Waals surface area contributed by atoms with Crippen LogP contribution in [0.25, 0.3) is 0 Å². The molecule has 0 aliphatic carbocycles. The Labute approximate surface area is 143 Å². The monoisotopic (exact) mass is 340 g/mol. The highest BCUT2D eigenvalue weighted by Gasteiger charge is 2.26. The third kappa shape index (κ3) is 4.94. The van der Waals surface area contributed by atoms with Crippen LogP contribution in [-0.2, 0) is 11.2 Å². The van der Waals surface area contributed by atoms with Crippen molar-refractivity contribution in [2.24, 2.45) is 5.92 Å². The zero-order valence-electron chi connectivity index (χ0n) is 13.9. The molecule has 5 nitrogen and oxygen atoms in total. The van der Waals surface area contributed by atoms with Crippen molar-refractivity contribution < 1.29 is 14.3 Å². The van der Waals surface area contributed by atoms with E-state index >= 15 is 0 Å². The highest BCUT2D eigenvalue weighted by atomic mass is 35.5. The number of ketones is 1. The largest absolute Gasteiger partial charge is 0.496 e. The van der Waals surface area contributed by atoms with Crippen LogP contribution in [-0.4, -0.2) is 50.4 Å². The van der Waals surface area contributed by atoms with Gasteiger partial charge in [-0.25, -0.2) is 0 Å². The lowest BCUT2D eigenvalue weighted by molar-refractivity contribution is -0.129. The highest BCUT2D eigenvalue weighted by Crippen LogP contribution is 2.23. The van der Waals surface area contributed by atoms with E-state index in [9.17, 15) is 9.59 Å². The first-order valence-electron chi connectivity index (χ1n) is 7.65. The summed E-state index contributed by atoms with van der Waals surface area (Å²) in [6.45, 7) is 4.07. The van der Waals surface area contributed by atoms with Gasteiger partial charge in [0, 0.05) is 24.2 Å². The van der Waals surface area contributed by atoms with Crippen LogP contribution in [0.4, 0.5) is 0 Å². The summed E-state index contributed by atoms with van der Waals surface area (Å²) in [6.07, 6.45) is 1.31. The predicted octanol–water partition coefficient (Wildman–Crippen LogP) is 1.93. The molecule has 1 aromatic carbocycles. The SMILES string of the molecule is CNCC1CCN(C(=O)Cc2cc(C(C)=O)ccc2OC)C1.Cl. The fourth-order valence-electron chi connectivity index (χ4n) is 2.92. The van der Waals surface area contributed by atoms with Gasteiger partial charge in [0.15, 0.2) is 5.78 Å². The molecule has 1 unspecified atom stereocenters. The Morgan fingerprint density at radius 1 is 1.39 bits per heavy atom. The van der Waals surface area contributed by atoms with Gasteiger partial charge in [0.25, 0.3) is 0 Å². The molecule has 0 aromatic heterocycles. The molecule has 23 heavy (non-hydrogen) atoms. The zero-order valence-corrected chi connectivity index (χ0v) is 14.7. The normalized spacial score (nSPS) is 16.8. The molecule has 1 atom stereocenters. The van der Waals surface area contributed by atoms with Gasteiger partial charge in [-0.1, -0.05) is 0 Å². The summed E-state index contributed by atoms with van der Waals surface area (Å²) < 4.78 is 5.31. The lowest BCUT2D eigenvalue weighted by atomic mass is 10.0. The molecule has 128 valence electrons. The number of halogens is 1. The summed E-state index contributed by atoms with van der Waals surface area (Å²) >= 11 is 0. The maximum absolute atomic E-state index is 12.5. The van der Waals surface area contributed by atoms with Gasteiger partial charge >= 0.3 is 0 Å². The maximum Gasteiger partial charge on any atom is 0.227 e. The molecule has 6 heteroatoms. The Morgan fingerprint density at radius 2 is 2.13 bits per heavy atom. The van der Waals surface area contributed by atoms with Crippen LogP contribution >= 0.6 is 12.4 Å². The highest BCUT2D eigenvalue weighted by molar-refractivity contribution is 5.94. The average Bonchev–Trinajstić information content (AvgIpc) is 2.96. The number of ether oxygens (including phenoxy) is 1. The van der Waals surface area contributed by atoms with E-state index in [1.807, 2.05) is 11.9 Å². The van der Waals surface area contributed by atoms with E-state index in [0.717, 1.165) is 31.6 Å². The molecule has 1 saturated heterocycles. The van der Waals surface area contributed by atoms with Crippen LogP contribution < -0.4 is 10.1 Å². The van der Waals surface area contributed by atoms with Gasteiger partial charge in [0.05, 0.1) is 13.5 Å². The van der Waals surface area contributed by atoms with E-state index in [1.54, 1.807) is 25.3 Å². The Bertz CT molecular complexity index is 563. The second-order valence-corrected chi connectivity index (χ2v) is 5.81. The van der Waals surface area contributed by atoms with Crippen molar-refractivity contribution in [2.75, 3.05) is 33.8 Å². The fourth-order valence-corrected chi connectivity index (χ4v) is 2.92. The van der Waals surface area contributed by atoms with E-state index in [-0.39, 0.29) is 30.5 Å². The molecular weight excluding hydrogens is 316 g/mol. The Morgan fingerprint density at radius 3 is 2.74 bits per heavy atom. The minimum Gasteiger partial charge on any atom is -0.496 e. The van der Waals surface area contributed by atoms with Gasteiger partial charge in [0.2, 0.25) is 5.91 Å². The molecule has 1 aromatic rings. The van der Waals surface area contributed by atoms with Crippen molar-refractivity contribution in [1.29, 1.82) is 0 Å². The molecule has 0 spiro atoms. The molecule has 1 heterocycles. The minimum atomic E-state index is -0.00777. The van der Waals surface area contributed by atoms with Crippen molar-refractivity contribution in [1.82, 2.24) is 10.2 Å². The topological polar surface area (TPSA) is 58.6 Å². The Kier molecular flexibility index (Phi) is 7.52. The quantitative estimate of drug-likeness (QED) is 0.804. The third-order valence-electron chi connectivity index (χ3n) is 4.16. The van der Waals surface area contributed by atoms with Crippen molar-refractivity contribution in [3.63, 3.8) is 0 Å². The summed E-state index contributed by atoms with van der Waals surface area (Å²) in [5.41, 5.74) is 1.38. The molecule has 1 amide bonds. The molecule has 1 aliphatic rings. The van der Waals surface area contributed by atoms with Crippen LogP contribution in [0.5, 0.6) is 5.75 Å². The number of nitrogens with zero attached hydrogens (tertiary/aromatic N) is 1. The van der Waals surface area contributed by atoms with E-state index in [4.69, 9.17) is 4.74 Å². The average molecular weight is 341 g/mol. The van der Waals surface area contributed by atoms with Crippen molar-refractivity contribution in [2.45, 2.75) is 19.8 Å². The number of likely N-dealkylation sites (tertiary alicyclic amines) is 1. The number of methoxy groups -OCH3 is 1. The first kappa shape index (κ1) is 19.5. The number of benzene rings is 1. The summed E-state index contributed by atoms with van der Waals surface area (Å²) in [7, 11) is 3.51. The number of hydrogen-bond donors (Lipinski definition) is 1. The fraction of sp³-hybridized carbons (Fsp3) is 0.529. The van der Waals surface area contributed by atoms with E-state index in [1.165, 1.54) is 6.92 Å². The number of carbonyl (C=O) groups excluding carboxylic acids is 2. The molecule has 1 N–H and O–H groups in total. The van der Waals surface area contributed by atoms with Crippen LogP contribution in [0.3, 0.4) is 0 Å². The molecule has 0 radical (unpaired) electrons. The van der Waals surface area contributed by atoms with Gasteiger partial charge in [0.1, 0.15) is 5.75 Å². The summed E-state index contributed by atoms with van der Waals surface area (Å²) in [4.78, 5) is 25.9. The van der Waals surface area contributed by atoms with E-state index in [0.29, 0.717) is 17.2 Å². The lowest BCUT2D eigenvalue weighted by Gasteiger charge is -2.18. The van der Waals surface area contributed by atoms with Gasteiger partial charge in [-0.2, -0.15) is 0 Å². The predicted molar refractivity (Wildman–Crippen MR) is 92.6 cm³/mol. The van der Waals surface area contributed by atoms with Gasteiger partial charge in [-0.3, -0.25) is 9.59 Å². The number of Topliss-reactive ketones (excluding diaryl/α,β-unsaturated/α-hetero) is 1.